The SMILES string of the molecule is CCCC(COC)NCc1ccc(OC)c2ccccc12. The van der Waals surface area contributed by atoms with Crippen LogP contribution in [0, 0.1) is 0 Å². The number of fused-ring (bicyclic) bond motifs is 1. The highest BCUT2D eigenvalue weighted by Gasteiger charge is 2.09. The summed E-state index contributed by atoms with van der Waals surface area (Å²) in [6, 6.07) is 13.0. The lowest BCUT2D eigenvalue weighted by molar-refractivity contribution is 0.161. The minimum atomic E-state index is 0.404. The van der Waals surface area contributed by atoms with Gasteiger partial charge in [-0.3, -0.25) is 0 Å². The Hall–Kier alpha value is -1.58. The average Bonchev–Trinajstić information content (AvgIpc) is 2.52. The van der Waals surface area contributed by atoms with Gasteiger partial charge < -0.3 is 14.8 Å². The second kappa shape index (κ2) is 8.01. The van der Waals surface area contributed by atoms with Crippen LogP contribution in [-0.4, -0.2) is 26.9 Å². The van der Waals surface area contributed by atoms with Crippen LogP contribution < -0.4 is 10.1 Å². The van der Waals surface area contributed by atoms with Gasteiger partial charge in [-0.2, -0.15) is 0 Å². The Balaban J connectivity index is 2.18. The minimum Gasteiger partial charge on any atom is -0.496 e. The van der Waals surface area contributed by atoms with E-state index in [4.69, 9.17) is 9.47 Å². The molecule has 21 heavy (non-hydrogen) atoms. The number of hydrogen-bond donors (Lipinski definition) is 1. The van der Waals surface area contributed by atoms with Gasteiger partial charge in [0, 0.05) is 25.1 Å². The molecule has 114 valence electrons. The fourth-order valence-corrected chi connectivity index (χ4v) is 2.71. The summed E-state index contributed by atoms with van der Waals surface area (Å²) >= 11 is 0. The van der Waals surface area contributed by atoms with Crippen LogP contribution in [0.1, 0.15) is 25.3 Å². The van der Waals surface area contributed by atoms with Crippen LogP contribution in [0.2, 0.25) is 0 Å². The maximum Gasteiger partial charge on any atom is 0.126 e. The summed E-state index contributed by atoms with van der Waals surface area (Å²) in [4.78, 5) is 0. The summed E-state index contributed by atoms with van der Waals surface area (Å²) in [5.41, 5.74) is 1.30. The van der Waals surface area contributed by atoms with Crippen LogP contribution in [0.25, 0.3) is 10.8 Å². The zero-order chi connectivity index (χ0) is 15.1. The summed E-state index contributed by atoms with van der Waals surface area (Å²) in [5.74, 6) is 0.927. The van der Waals surface area contributed by atoms with Crippen molar-refractivity contribution in [1.29, 1.82) is 0 Å². The van der Waals surface area contributed by atoms with Gasteiger partial charge in [-0.05, 0) is 23.4 Å². The van der Waals surface area contributed by atoms with Gasteiger partial charge in [-0.1, -0.05) is 43.7 Å². The minimum absolute atomic E-state index is 0.404. The predicted molar refractivity (Wildman–Crippen MR) is 87.9 cm³/mol. The third-order valence-corrected chi connectivity index (χ3v) is 3.78. The Labute approximate surface area is 127 Å². The second-order valence-electron chi connectivity index (χ2n) is 5.29. The molecule has 0 amide bonds. The quantitative estimate of drug-likeness (QED) is 0.802. The molecule has 2 rings (SSSR count). The van der Waals surface area contributed by atoms with Gasteiger partial charge in [0.15, 0.2) is 0 Å². The first-order chi connectivity index (χ1) is 10.3. The summed E-state index contributed by atoms with van der Waals surface area (Å²) in [6.45, 7) is 3.80. The van der Waals surface area contributed by atoms with Gasteiger partial charge in [0.2, 0.25) is 0 Å². The van der Waals surface area contributed by atoms with Crippen molar-refractivity contribution in [1.82, 2.24) is 5.32 Å². The molecule has 0 aliphatic rings. The average molecular weight is 287 g/mol. The van der Waals surface area contributed by atoms with E-state index >= 15 is 0 Å². The molecule has 3 nitrogen and oxygen atoms in total. The van der Waals surface area contributed by atoms with Gasteiger partial charge in [0.1, 0.15) is 5.75 Å². The first-order valence-corrected chi connectivity index (χ1v) is 7.57. The molecule has 0 heterocycles. The molecule has 0 saturated carbocycles. The molecule has 0 bridgehead atoms. The van der Waals surface area contributed by atoms with Crippen molar-refractivity contribution in [2.24, 2.45) is 0 Å². The third kappa shape index (κ3) is 3.96. The number of methoxy groups -OCH3 is 2. The highest BCUT2D eigenvalue weighted by Crippen LogP contribution is 2.28. The Morgan fingerprint density at radius 3 is 2.48 bits per heavy atom. The van der Waals surface area contributed by atoms with Crippen LogP contribution in [0.4, 0.5) is 0 Å². The molecule has 0 aliphatic heterocycles. The van der Waals surface area contributed by atoms with Crippen molar-refractivity contribution in [2.75, 3.05) is 20.8 Å². The van der Waals surface area contributed by atoms with Crippen LogP contribution in [0.15, 0.2) is 36.4 Å². The highest BCUT2D eigenvalue weighted by atomic mass is 16.5. The van der Waals surface area contributed by atoms with Crippen molar-refractivity contribution in [3.05, 3.63) is 42.0 Å². The van der Waals surface area contributed by atoms with Crippen molar-refractivity contribution >= 4 is 10.8 Å². The highest BCUT2D eigenvalue weighted by molar-refractivity contribution is 5.91. The van der Waals surface area contributed by atoms with E-state index in [-0.39, 0.29) is 0 Å². The molecule has 0 spiro atoms. The Morgan fingerprint density at radius 2 is 1.81 bits per heavy atom. The molecule has 0 aromatic heterocycles. The first-order valence-electron chi connectivity index (χ1n) is 7.57. The number of hydrogen-bond acceptors (Lipinski definition) is 3. The van der Waals surface area contributed by atoms with Gasteiger partial charge in [0.25, 0.3) is 0 Å². The standard InChI is InChI=1S/C18H25NO2/c1-4-7-15(13-20-2)19-12-14-10-11-18(21-3)17-9-6-5-8-16(14)17/h5-6,8-11,15,19H,4,7,12-13H2,1-3H3. The van der Waals surface area contributed by atoms with Gasteiger partial charge in [0.05, 0.1) is 13.7 Å². The number of ether oxygens (including phenoxy) is 2. The van der Waals surface area contributed by atoms with Crippen molar-refractivity contribution in [3.63, 3.8) is 0 Å². The first kappa shape index (κ1) is 15.8. The van der Waals surface area contributed by atoms with Crippen molar-refractivity contribution < 1.29 is 9.47 Å². The molecule has 0 radical (unpaired) electrons. The predicted octanol–water partition coefficient (Wildman–Crippen LogP) is 3.75. The van der Waals surface area contributed by atoms with Crippen molar-refractivity contribution in [3.8, 4) is 5.75 Å². The third-order valence-electron chi connectivity index (χ3n) is 3.78. The van der Waals surface area contributed by atoms with E-state index in [1.54, 1.807) is 14.2 Å². The number of benzene rings is 2. The lowest BCUT2D eigenvalue weighted by atomic mass is 10.0. The van der Waals surface area contributed by atoms with Crippen LogP contribution >= 0.6 is 0 Å². The van der Waals surface area contributed by atoms with Crippen LogP contribution in [0.5, 0.6) is 5.75 Å². The van der Waals surface area contributed by atoms with E-state index in [9.17, 15) is 0 Å². The van der Waals surface area contributed by atoms with Gasteiger partial charge in [-0.25, -0.2) is 0 Å². The smallest absolute Gasteiger partial charge is 0.126 e. The van der Waals surface area contributed by atoms with E-state index in [2.05, 4.69) is 36.5 Å². The second-order valence-corrected chi connectivity index (χ2v) is 5.29. The molecule has 2 aromatic rings. The lowest BCUT2D eigenvalue weighted by Gasteiger charge is -2.18. The van der Waals surface area contributed by atoms with Crippen LogP contribution in [0.3, 0.4) is 0 Å². The van der Waals surface area contributed by atoms with Gasteiger partial charge in [-0.15, -0.1) is 0 Å². The maximum atomic E-state index is 5.44. The molecule has 0 aliphatic carbocycles. The summed E-state index contributed by atoms with van der Waals surface area (Å²) in [7, 11) is 3.47. The fraction of sp³-hybridized carbons (Fsp3) is 0.444. The Kier molecular flexibility index (Phi) is 6.03. The van der Waals surface area contributed by atoms with E-state index in [1.165, 1.54) is 10.9 Å². The van der Waals surface area contributed by atoms with Crippen molar-refractivity contribution in [2.45, 2.75) is 32.4 Å². The van der Waals surface area contributed by atoms with Gasteiger partial charge >= 0.3 is 0 Å². The van der Waals surface area contributed by atoms with Crippen LogP contribution in [-0.2, 0) is 11.3 Å². The monoisotopic (exact) mass is 287 g/mol. The van der Waals surface area contributed by atoms with E-state index in [0.717, 1.165) is 37.1 Å². The zero-order valence-electron chi connectivity index (χ0n) is 13.2. The Bertz CT molecular complexity index is 562. The topological polar surface area (TPSA) is 30.5 Å². The molecular weight excluding hydrogens is 262 g/mol. The molecule has 1 atom stereocenters. The summed E-state index contributed by atoms with van der Waals surface area (Å²) < 4.78 is 10.7. The number of rotatable bonds is 8. The molecule has 1 N–H and O–H groups in total. The summed E-state index contributed by atoms with van der Waals surface area (Å²) in [5, 5.41) is 6.01. The zero-order valence-corrected chi connectivity index (χ0v) is 13.2. The molecule has 1 unspecified atom stereocenters. The molecular formula is C18H25NO2. The molecule has 3 heteroatoms. The maximum absolute atomic E-state index is 5.44. The fourth-order valence-electron chi connectivity index (χ4n) is 2.71. The number of nitrogens with one attached hydrogen (secondary N) is 1. The normalized spacial score (nSPS) is 12.5. The summed E-state index contributed by atoms with van der Waals surface area (Å²) in [6.07, 6.45) is 2.28. The molecule has 0 saturated heterocycles. The largest absolute Gasteiger partial charge is 0.496 e. The molecule has 0 fully saturated rings. The van der Waals surface area contributed by atoms with E-state index in [1.807, 2.05) is 12.1 Å². The Morgan fingerprint density at radius 1 is 1.05 bits per heavy atom. The molecule has 2 aromatic carbocycles. The van der Waals surface area contributed by atoms with E-state index < -0.39 is 0 Å². The van der Waals surface area contributed by atoms with E-state index in [0.29, 0.717) is 6.04 Å². The lowest BCUT2D eigenvalue weighted by Crippen LogP contribution is -2.32.